The Bertz CT molecular complexity index is 655. The second kappa shape index (κ2) is 7.35. The maximum absolute atomic E-state index is 12.4. The van der Waals surface area contributed by atoms with Gasteiger partial charge in [0.2, 0.25) is 0 Å². The molecule has 3 rings (SSSR count). The fourth-order valence-corrected chi connectivity index (χ4v) is 3.58. The fourth-order valence-electron chi connectivity index (χ4n) is 3.45. The average Bonchev–Trinajstić information content (AvgIpc) is 3.12. The monoisotopic (exact) mass is 364 g/mol. The van der Waals surface area contributed by atoms with Crippen molar-refractivity contribution in [2.45, 2.75) is 38.8 Å². The second-order valence-electron chi connectivity index (χ2n) is 5.89. The van der Waals surface area contributed by atoms with Gasteiger partial charge in [-0.1, -0.05) is 29.8 Å². The van der Waals surface area contributed by atoms with Gasteiger partial charge in [0.1, 0.15) is 0 Å². The number of hydrazine groups is 1. The zero-order valence-corrected chi connectivity index (χ0v) is 15.0. The minimum Gasteiger partial charge on any atom is -0.448 e. The molecule has 1 heterocycles. The van der Waals surface area contributed by atoms with Crippen LogP contribution in [-0.2, 0) is 9.47 Å². The highest BCUT2D eigenvalue weighted by Crippen LogP contribution is 2.43. The molecule has 1 saturated carbocycles. The number of benzene rings is 1. The predicted molar refractivity (Wildman–Crippen MR) is 94.0 cm³/mol. The van der Waals surface area contributed by atoms with Gasteiger partial charge in [-0.3, -0.25) is 0 Å². The van der Waals surface area contributed by atoms with E-state index in [4.69, 9.17) is 21.1 Å². The Hall–Kier alpha value is -2.21. The van der Waals surface area contributed by atoms with Crippen LogP contribution in [0.25, 0.3) is 6.08 Å². The molecule has 2 unspecified atom stereocenters. The summed E-state index contributed by atoms with van der Waals surface area (Å²) in [7, 11) is 0. The first kappa shape index (κ1) is 17.6. The van der Waals surface area contributed by atoms with Gasteiger partial charge < -0.3 is 9.47 Å². The van der Waals surface area contributed by atoms with Crippen LogP contribution >= 0.6 is 11.6 Å². The maximum Gasteiger partial charge on any atom is 0.429 e. The summed E-state index contributed by atoms with van der Waals surface area (Å²) in [6.45, 7) is 3.98. The molecule has 7 heteroatoms. The van der Waals surface area contributed by atoms with Gasteiger partial charge in [0.05, 0.1) is 25.3 Å². The number of ether oxygens (including phenoxy) is 2. The highest BCUT2D eigenvalue weighted by Gasteiger charge is 2.54. The Morgan fingerprint density at radius 3 is 1.96 bits per heavy atom. The second-order valence-corrected chi connectivity index (χ2v) is 6.33. The van der Waals surface area contributed by atoms with Crippen LogP contribution in [0, 0.1) is 0 Å². The summed E-state index contributed by atoms with van der Waals surface area (Å²) in [6.07, 6.45) is 2.55. The van der Waals surface area contributed by atoms with E-state index in [9.17, 15) is 9.59 Å². The van der Waals surface area contributed by atoms with E-state index >= 15 is 0 Å². The number of fused-ring (bicyclic) bond motifs is 2. The van der Waals surface area contributed by atoms with Crippen LogP contribution in [0.4, 0.5) is 9.59 Å². The molecular formula is C18H21ClN2O4. The smallest absolute Gasteiger partial charge is 0.429 e. The molecule has 1 aromatic carbocycles. The molecule has 25 heavy (non-hydrogen) atoms. The summed E-state index contributed by atoms with van der Waals surface area (Å²) < 4.78 is 10.3. The van der Waals surface area contributed by atoms with Gasteiger partial charge in [-0.2, -0.15) is 0 Å². The molecule has 1 saturated heterocycles. The van der Waals surface area contributed by atoms with Gasteiger partial charge in [0.25, 0.3) is 0 Å². The molecule has 0 spiro atoms. The third-order valence-electron chi connectivity index (χ3n) is 4.42. The Kier molecular flexibility index (Phi) is 5.18. The fraction of sp³-hybridized carbons (Fsp3) is 0.444. The first-order valence-corrected chi connectivity index (χ1v) is 8.83. The van der Waals surface area contributed by atoms with Gasteiger partial charge in [-0.05, 0) is 50.0 Å². The van der Waals surface area contributed by atoms with Gasteiger partial charge in [0.15, 0.2) is 0 Å². The van der Waals surface area contributed by atoms with E-state index in [1.54, 1.807) is 13.8 Å². The zero-order valence-electron chi connectivity index (χ0n) is 14.3. The van der Waals surface area contributed by atoms with E-state index < -0.39 is 12.2 Å². The Morgan fingerprint density at radius 1 is 1.04 bits per heavy atom. The molecule has 0 aromatic heterocycles. The van der Waals surface area contributed by atoms with Crippen LogP contribution in [-0.4, -0.2) is 47.5 Å². The Morgan fingerprint density at radius 2 is 1.52 bits per heavy atom. The van der Waals surface area contributed by atoms with Crippen LogP contribution in [0.15, 0.2) is 29.8 Å². The molecular weight excluding hydrogens is 344 g/mol. The highest BCUT2D eigenvalue weighted by molar-refractivity contribution is 6.30. The van der Waals surface area contributed by atoms with Crippen molar-refractivity contribution in [3.8, 4) is 0 Å². The summed E-state index contributed by atoms with van der Waals surface area (Å²) in [5.74, 6) is 0. The number of nitrogens with zero attached hydrogens (tertiary/aromatic N) is 2. The lowest BCUT2D eigenvalue weighted by atomic mass is 10.1. The van der Waals surface area contributed by atoms with Crippen molar-refractivity contribution in [3.05, 3.63) is 40.4 Å². The molecule has 0 N–H and O–H groups in total. The van der Waals surface area contributed by atoms with Crippen molar-refractivity contribution in [2.24, 2.45) is 0 Å². The van der Waals surface area contributed by atoms with Gasteiger partial charge >= 0.3 is 12.2 Å². The van der Waals surface area contributed by atoms with E-state index in [2.05, 4.69) is 0 Å². The van der Waals surface area contributed by atoms with E-state index in [0.29, 0.717) is 5.02 Å². The molecule has 0 radical (unpaired) electrons. The van der Waals surface area contributed by atoms with Crippen molar-refractivity contribution in [1.82, 2.24) is 10.0 Å². The Balaban J connectivity index is 1.94. The van der Waals surface area contributed by atoms with Crippen molar-refractivity contribution in [3.63, 3.8) is 0 Å². The van der Waals surface area contributed by atoms with E-state index in [1.807, 2.05) is 30.3 Å². The van der Waals surface area contributed by atoms with Gasteiger partial charge in [0, 0.05) is 5.02 Å². The van der Waals surface area contributed by atoms with Crippen molar-refractivity contribution >= 4 is 29.9 Å². The van der Waals surface area contributed by atoms with E-state index in [1.165, 1.54) is 10.0 Å². The number of hydrogen-bond acceptors (Lipinski definition) is 4. The number of rotatable bonds is 3. The molecule has 1 aromatic rings. The molecule has 2 aliphatic rings. The first-order valence-electron chi connectivity index (χ1n) is 8.45. The lowest BCUT2D eigenvalue weighted by Crippen LogP contribution is -2.53. The summed E-state index contributed by atoms with van der Waals surface area (Å²) in [6, 6.07) is 7.08. The normalized spacial score (nSPS) is 21.5. The van der Waals surface area contributed by atoms with Crippen molar-refractivity contribution in [1.29, 1.82) is 0 Å². The third-order valence-corrected chi connectivity index (χ3v) is 4.67. The number of amides is 2. The summed E-state index contributed by atoms with van der Waals surface area (Å²) in [4.78, 5) is 24.8. The van der Waals surface area contributed by atoms with Gasteiger partial charge in [-0.15, -0.1) is 0 Å². The Labute approximate surface area is 151 Å². The molecule has 6 nitrogen and oxygen atoms in total. The van der Waals surface area contributed by atoms with Crippen molar-refractivity contribution in [2.75, 3.05) is 13.2 Å². The SMILES string of the molecule is CCOC(=O)N1C2CCC(C2=Cc2ccc(Cl)cc2)N1C(=O)OCC. The molecule has 2 amide bonds. The molecule has 2 bridgehead atoms. The summed E-state index contributed by atoms with van der Waals surface area (Å²) >= 11 is 5.94. The summed E-state index contributed by atoms with van der Waals surface area (Å²) in [5.41, 5.74) is 1.99. The summed E-state index contributed by atoms with van der Waals surface area (Å²) in [5, 5.41) is 3.47. The largest absolute Gasteiger partial charge is 0.448 e. The van der Waals surface area contributed by atoms with Crippen LogP contribution in [0.3, 0.4) is 0 Å². The number of carbonyl (C=O) groups excluding carboxylic acids is 2. The first-order chi connectivity index (χ1) is 12.1. The third kappa shape index (κ3) is 3.31. The molecule has 134 valence electrons. The average molecular weight is 365 g/mol. The van der Waals surface area contributed by atoms with E-state index in [0.717, 1.165) is 24.0 Å². The lowest BCUT2D eigenvalue weighted by Gasteiger charge is -2.35. The molecule has 2 atom stereocenters. The quantitative estimate of drug-likeness (QED) is 0.810. The highest BCUT2D eigenvalue weighted by atomic mass is 35.5. The standard InChI is InChI=1S/C18H21ClN2O4/c1-3-24-17(22)20-15-9-10-16(21(20)18(23)25-4-2)14(15)11-12-5-7-13(19)8-6-12/h5-8,11,15-16H,3-4,9-10H2,1-2H3. The van der Waals surface area contributed by atoms with E-state index in [-0.39, 0.29) is 25.3 Å². The number of carbonyl (C=O) groups is 2. The maximum atomic E-state index is 12.4. The number of hydrogen-bond donors (Lipinski definition) is 0. The topological polar surface area (TPSA) is 59.1 Å². The van der Waals surface area contributed by atoms with Crippen LogP contribution in [0.5, 0.6) is 0 Å². The van der Waals surface area contributed by atoms with Crippen LogP contribution < -0.4 is 0 Å². The molecule has 1 aliphatic carbocycles. The lowest BCUT2D eigenvalue weighted by molar-refractivity contribution is -0.0378. The van der Waals surface area contributed by atoms with Crippen molar-refractivity contribution < 1.29 is 19.1 Å². The van der Waals surface area contributed by atoms with Gasteiger partial charge in [-0.25, -0.2) is 19.6 Å². The minimum absolute atomic E-state index is 0.191. The number of halogens is 1. The molecule has 1 aliphatic heterocycles. The zero-order chi connectivity index (χ0) is 18.0. The van der Waals surface area contributed by atoms with Crippen LogP contribution in [0.2, 0.25) is 5.02 Å². The molecule has 2 fully saturated rings. The minimum atomic E-state index is -0.523. The predicted octanol–water partition coefficient (Wildman–Crippen LogP) is 4.10. The van der Waals surface area contributed by atoms with Crippen LogP contribution in [0.1, 0.15) is 32.3 Å².